The zero-order valence-electron chi connectivity index (χ0n) is 15.1. The second-order valence-electron chi connectivity index (χ2n) is 6.90. The summed E-state index contributed by atoms with van der Waals surface area (Å²) in [6.45, 7) is 8.77. The van der Waals surface area contributed by atoms with Crippen LogP contribution in [0.3, 0.4) is 0 Å². The monoisotopic (exact) mass is 345 g/mol. The SMILES string of the molecule is NC(=NCC1CCN(c2ccccc2)C1)NCCCN1CCOCC1. The lowest BCUT2D eigenvalue weighted by atomic mass is 10.1. The van der Waals surface area contributed by atoms with Crippen molar-refractivity contribution in [1.29, 1.82) is 0 Å². The average Bonchev–Trinajstić information content (AvgIpc) is 3.14. The van der Waals surface area contributed by atoms with E-state index in [1.807, 2.05) is 0 Å². The van der Waals surface area contributed by atoms with E-state index in [4.69, 9.17) is 10.5 Å². The van der Waals surface area contributed by atoms with Gasteiger partial charge in [0.05, 0.1) is 13.2 Å². The topological polar surface area (TPSA) is 66.1 Å². The van der Waals surface area contributed by atoms with E-state index in [0.717, 1.165) is 65.4 Å². The number of para-hydroxylation sites is 1. The lowest BCUT2D eigenvalue weighted by Gasteiger charge is -2.26. The van der Waals surface area contributed by atoms with Crippen LogP contribution in [0.1, 0.15) is 12.8 Å². The first-order valence-electron chi connectivity index (χ1n) is 9.45. The molecule has 3 N–H and O–H groups in total. The Bertz CT molecular complexity index is 530. The molecule has 0 saturated carbocycles. The Morgan fingerprint density at radius 1 is 1.20 bits per heavy atom. The van der Waals surface area contributed by atoms with Crippen LogP contribution in [0.2, 0.25) is 0 Å². The minimum absolute atomic E-state index is 0.583. The molecule has 6 heteroatoms. The lowest BCUT2D eigenvalue weighted by Crippen LogP contribution is -2.39. The fourth-order valence-corrected chi connectivity index (χ4v) is 3.48. The van der Waals surface area contributed by atoms with E-state index in [9.17, 15) is 0 Å². The highest BCUT2D eigenvalue weighted by Crippen LogP contribution is 2.23. The number of hydrogen-bond acceptors (Lipinski definition) is 4. The number of rotatable bonds is 7. The molecule has 3 rings (SSSR count). The van der Waals surface area contributed by atoms with Gasteiger partial charge in [-0.2, -0.15) is 0 Å². The van der Waals surface area contributed by atoms with Crippen LogP contribution >= 0.6 is 0 Å². The Morgan fingerprint density at radius 2 is 2.00 bits per heavy atom. The van der Waals surface area contributed by atoms with Crippen molar-refractivity contribution in [3.05, 3.63) is 30.3 Å². The van der Waals surface area contributed by atoms with E-state index >= 15 is 0 Å². The van der Waals surface area contributed by atoms with Crippen molar-refractivity contribution in [2.75, 3.05) is 63.9 Å². The Labute approximate surface area is 151 Å². The van der Waals surface area contributed by atoms with Gasteiger partial charge in [0, 0.05) is 45.0 Å². The van der Waals surface area contributed by atoms with Crippen LogP contribution in [0.25, 0.3) is 0 Å². The molecule has 138 valence electrons. The average molecular weight is 345 g/mol. The molecule has 2 fully saturated rings. The highest BCUT2D eigenvalue weighted by Gasteiger charge is 2.22. The van der Waals surface area contributed by atoms with Gasteiger partial charge in [-0.15, -0.1) is 0 Å². The Morgan fingerprint density at radius 3 is 2.80 bits per heavy atom. The molecule has 0 bridgehead atoms. The predicted octanol–water partition coefficient (Wildman–Crippen LogP) is 1.14. The summed E-state index contributed by atoms with van der Waals surface area (Å²) in [5, 5.41) is 3.25. The number of hydrogen-bond donors (Lipinski definition) is 2. The number of morpholine rings is 1. The molecular formula is C19H31N5O. The van der Waals surface area contributed by atoms with Crippen LogP contribution in [-0.4, -0.2) is 69.9 Å². The van der Waals surface area contributed by atoms with Crippen LogP contribution < -0.4 is 16.0 Å². The van der Waals surface area contributed by atoms with Gasteiger partial charge in [0.15, 0.2) is 5.96 Å². The Hall–Kier alpha value is -1.79. The molecule has 1 atom stereocenters. The summed E-state index contributed by atoms with van der Waals surface area (Å²) in [5.74, 6) is 1.18. The Balaban J connectivity index is 1.30. The first-order valence-corrected chi connectivity index (χ1v) is 9.45. The zero-order valence-corrected chi connectivity index (χ0v) is 15.1. The van der Waals surface area contributed by atoms with Gasteiger partial charge in [0.2, 0.25) is 0 Å². The maximum atomic E-state index is 6.01. The predicted molar refractivity (Wildman–Crippen MR) is 103 cm³/mol. The summed E-state index contributed by atoms with van der Waals surface area (Å²) in [5.41, 5.74) is 7.32. The molecule has 1 unspecified atom stereocenters. The minimum Gasteiger partial charge on any atom is -0.379 e. The van der Waals surface area contributed by atoms with Crippen molar-refractivity contribution in [2.45, 2.75) is 12.8 Å². The molecule has 2 aliphatic rings. The molecule has 0 radical (unpaired) electrons. The third kappa shape index (κ3) is 5.90. The summed E-state index contributed by atoms with van der Waals surface area (Å²) >= 11 is 0. The van der Waals surface area contributed by atoms with Crippen molar-refractivity contribution < 1.29 is 4.74 Å². The number of ether oxygens (including phenoxy) is 1. The van der Waals surface area contributed by atoms with Gasteiger partial charge < -0.3 is 20.7 Å². The van der Waals surface area contributed by atoms with Gasteiger partial charge in [-0.1, -0.05) is 18.2 Å². The normalized spacial score (nSPS) is 22.3. The third-order valence-corrected chi connectivity index (χ3v) is 4.99. The maximum absolute atomic E-state index is 6.01. The standard InChI is InChI=1S/C19H31N5O/c20-19(21-8-4-9-23-11-13-25-14-12-23)22-15-17-7-10-24(16-17)18-5-2-1-3-6-18/h1-3,5-6,17H,4,7-16H2,(H3,20,21,22). The van der Waals surface area contributed by atoms with Gasteiger partial charge in [0.25, 0.3) is 0 Å². The van der Waals surface area contributed by atoms with Gasteiger partial charge in [-0.25, -0.2) is 0 Å². The molecular weight excluding hydrogens is 314 g/mol. The van der Waals surface area contributed by atoms with Crippen molar-refractivity contribution in [3.8, 4) is 0 Å². The highest BCUT2D eigenvalue weighted by molar-refractivity contribution is 5.77. The van der Waals surface area contributed by atoms with Crippen LogP contribution in [0.5, 0.6) is 0 Å². The van der Waals surface area contributed by atoms with E-state index in [2.05, 4.69) is 50.4 Å². The molecule has 0 amide bonds. The fraction of sp³-hybridized carbons (Fsp3) is 0.632. The first-order chi connectivity index (χ1) is 12.3. The van der Waals surface area contributed by atoms with Crippen LogP contribution in [0, 0.1) is 5.92 Å². The zero-order chi connectivity index (χ0) is 17.3. The number of nitrogens with two attached hydrogens (primary N) is 1. The molecule has 2 heterocycles. The van der Waals surface area contributed by atoms with Crippen LogP contribution in [0.15, 0.2) is 35.3 Å². The molecule has 0 aliphatic carbocycles. The molecule has 25 heavy (non-hydrogen) atoms. The van der Waals surface area contributed by atoms with Gasteiger partial charge >= 0.3 is 0 Å². The molecule has 1 aromatic carbocycles. The minimum atomic E-state index is 0.583. The van der Waals surface area contributed by atoms with E-state index in [0.29, 0.717) is 11.9 Å². The second-order valence-corrected chi connectivity index (χ2v) is 6.90. The second kappa shape index (κ2) is 9.63. The summed E-state index contributed by atoms with van der Waals surface area (Å²) < 4.78 is 5.36. The van der Waals surface area contributed by atoms with E-state index in [1.165, 1.54) is 12.1 Å². The Kier molecular flexibility index (Phi) is 6.94. The largest absolute Gasteiger partial charge is 0.379 e. The number of nitrogens with zero attached hydrogens (tertiary/aromatic N) is 3. The summed E-state index contributed by atoms with van der Waals surface area (Å²) in [4.78, 5) is 9.42. The molecule has 0 spiro atoms. The van der Waals surface area contributed by atoms with Crippen molar-refractivity contribution >= 4 is 11.6 Å². The van der Waals surface area contributed by atoms with Crippen molar-refractivity contribution in [2.24, 2.45) is 16.6 Å². The summed E-state index contributed by atoms with van der Waals surface area (Å²) in [7, 11) is 0. The smallest absolute Gasteiger partial charge is 0.188 e. The number of benzene rings is 1. The summed E-state index contributed by atoms with van der Waals surface area (Å²) in [6.07, 6.45) is 2.27. The van der Waals surface area contributed by atoms with Crippen molar-refractivity contribution in [1.82, 2.24) is 10.2 Å². The van der Waals surface area contributed by atoms with E-state index < -0.39 is 0 Å². The lowest BCUT2D eigenvalue weighted by molar-refractivity contribution is 0.0376. The fourth-order valence-electron chi connectivity index (χ4n) is 3.48. The number of nitrogens with one attached hydrogen (secondary N) is 1. The van der Waals surface area contributed by atoms with Crippen molar-refractivity contribution in [3.63, 3.8) is 0 Å². The molecule has 0 aromatic heterocycles. The van der Waals surface area contributed by atoms with Crippen LogP contribution in [0.4, 0.5) is 5.69 Å². The third-order valence-electron chi connectivity index (χ3n) is 4.99. The van der Waals surface area contributed by atoms with Crippen LogP contribution in [-0.2, 0) is 4.74 Å². The number of anilines is 1. The number of guanidine groups is 1. The summed E-state index contributed by atoms with van der Waals surface area (Å²) in [6, 6.07) is 10.6. The highest BCUT2D eigenvalue weighted by atomic mass is 16.5. The molecule has 2 saturated heterocycles. The molecule has 1 aromatic rings. The van der Waals surface area contributed by atoms with E-state index in [1.54, 1.807) is 0 Å². The maximum Gasteiger partial charge on any atom is 0.188 e. The quantitative estimate of drug-likeness (QED) is 0.441. The first kappa shape index (κ1) is 18.0. The number of aliphatic imine (C=N–C) groups is 1. The van der Waals surface area contributed by atoms with E-state index in [-0.39, 0.29) is 0 Å². The molecule has 6 nitrogen and oxygen atoms in total. The molecule has 2 aliphatic heterocycles. The van der Waals surface area contributed by atoms with Gasteiger partial charge in [-0.3, -0.25) is 9.89 Å². The van der Waals surface area contributed by atoms with Gasteiger partial charge in [-0.05, 0) is 37.4 Å². The van der Waals surface area contributed by atoms with Gasteiger partial charge in [0.1, 0.15) is 0 Å².